The predicted octanol–water partition coefficient (Wildman–Crippen LogP) is 0.425. The zero-order valence-electron chi connectivity index (χ0n) is 38.0. The van der Waals surface area contributed by atoms with E-state index in [1.807, 2.05) is 12.1 Å². The highest BCUT2D eigenvalue weighted by molar-refractivity contribution is 7.93. The Kier molecular flexibility index (Phi) is 15.2. The van der Waals surface area contributed by atoms with Crippen molar-refractivity contribution in [2.24, 2.45) is 11.8 Å². The van der Waals surface area contributed by atoms with Crippen LogP contribution in [0, 0.1) is 59.2 Å². The summed E-state index contributed by atoms with van der Waals surface area (Å²) < 4.78 is 44.7. The van der Waals surface area contributed by atoms with Gasteiger partial charge in [0.1, 0.15) is 0 Å². The molecule has 6 aliphatic rings. The molecule has 0 aromatic carbocycles. The molecule has 68 heavy (non-hydrogen) atoms. The lowest BCUT2D eigenvalue weighted by atomic mass is 9.84. The molecular weight excluding hydrogens is 957 g/mol. The van der Waals surface area contributed by atoms with Crippen molar-refractivity contribution in [2.45, 2.75) is 99.2 Å². The third-order valence-electron chi connectivity index (χ3n) is 13.9. The Morgan fingerprint density at radius 3 is 1.31 bits per heavy atom. The number of hydrogen-bond acceptors (Lipinski definition) is 16. The zero-order chi connectivity index (χ0) is 49.3. The molecule has 2 saturated heterocycles. The molecule has 2 aliphatic carbocycles. The van der Waals surface area contributed by atoms with Gasteiger partial charge >= 0.3 is 0 Å². The largest absolute Gasteiger partial charge is 0.393 e. The molecule has 4 fully saturated rings. The van der Waals surface area contributed by atoms with Gasteiger partial charge in [-0.1, -0.05) is 11.8 Å². The normalized spacial score (nSPS) is 24.0. The number of sulfone groups is 2. The van der Waals surface area contributed by atoms with E-state index in [-0.39, 0.29) is 50.0 Å². The first-order valence-electron chi connectivity index (χ1n) is 22.0. The fourth-order valence-electron chi connectivity index (χ4n) is 8.63. The third kappa shape index (κ3) is 10.8. The van der Waals surface area contributed by atoms with Crippen LogP contribution in [0.5, 0.6) is 0 Å². The number of nitrogens with zero attached hydrogens (tertiary/aromatic N) is 4. The van der Waals surface area contributed by atoms with Gasteiger partial charge in [-0.15, -0.1) is 22.7 Å². The van der Waals surface area contributed by atoms with Gasteiger partial charge in [-0.2, -0.15) is 0 Å². The summed E-state index contributed by atoms with van der Waals surface area (Å²) in [6.45, 7) is 6.88. The molecule has 2 saturated carbocycles. The topological polar surface area (TPSA) is 254 Å². The molecule has 0 spiro atoms. The number of thiophene rings is 2. The zero-order valence-corrected chi connectivity index (χ0v) is 41.3. The van der Waals surface area contributed by atoms with E-state index in [1.165, 1.54) is 57.3 Å². The van der Waals surface area contributed by atoms with Crippen LogP contribution in [0.3, 0.4) is 0 Å². The number of carbonyl (C=O) groups excluding carboxylic acids is 4. The first kappa shape index (κ1) is 51.0. The van der Waals surface area contributed by atoms with Crippen molar-refractivity contribution in [3.63, 3.8) is 0 Å². The average Bonchev–Trinajstić information content (AvgIpc) is 3.98. The SMILES string of the molecule is CC(CCN1Cc2cc(C#CC#CC3CN(C4CC(O)C4)C3)sc2C1=O)(C(=O)NO)S(C)(=O)=O.C[C@@](CCN1Cc2cc(C#CC#CC3CN(C4CC(O)C4)C3)sc2C1=O)(C(=O)NO)S(C)(=O)=O. The van der Waals surface area contributed by atoms with Crippen LogP contribution in [0.25, 0.3) is 0 Å². The molecule has 18 nitrogen and oxygen atoms in total. The van der Waals surface area contributed by atoms with E-state index in [1.54, 1.807) is 0 Å². The molecule has 1 unspecified atom stereocenters. The van der Waals surface area contributed by atoms with Crippen LogP contribution >= 0.6 is 22.7 Å². The molecule has 364 valence electrons. The van der Waals surface area contributed by atoms with E-state index in [9.17, 15) is 46.2 Å². The second-order valence-electron chi connectivity index (χ2n) is 18.7. The Bertz CT molecular complexity index is 2640. The molecular formula is C46H54N6O12S4. The lowest BCUT2D eigenvalue weighted by Crippen LogP contribution is -2.57. The Morgan fingerprint density at radius 1 is 0.662 bits per heavy atom. The van der Waals surface area contributed by atoms with Crippen LogP contribution in [-0.2, 0) is 42.4 Å². The van der Waals surface area contributed by atoms with Crippen molar-refractivity contribution in [1.82, 2.24) is 30.6 Å². The van der Waals surface area contributed by atoms with Gasteiger partial charge in [0, 0.05) is 88.8 Å². The number of carbonyl (C=O) groups is 4. The van der Waals surface area contributed by atoms with E-state index < -0.39 is 41.0 Å². The molecule has 22 heteroatoms. The van der Waals surface area contributed by atoms with Gasteiger partial charge in [0.15, 0.2) is 29.2 Å². The summed E-state index contributed by atoms with van der Waals surface area (Å²) in [4.78, 5) is 59.7. The molecule has 4 amide bonds. The van der Waals surface area contributed by atoms with Crippen molar-refractivity contribution in [3.8, 4) is 47.4 Å². The van der Waals surface area contributed by atoms with E-state index in [4.69, 9.17) is 10.4 Å². The molecule has 6 N–H and O–H groups in total. The second-order valence-corrected chi connectivity index (χ2v) is 25.7. The molecule has 6 heterocycles. The smallest absolute Gasteiger partial charge is 0.264 e. The van der Waals surface area contributed by atoms with Crippen molar-refractivity contribution in [3.05, 3.63) is 42.8 Å². The highest BCUT2D eigenvalue weighted by Crippen LogP contribution is 2.35. The lowest BCUT2D eigenvalue weighted by Gasteiger charge is -2.48. The van der Waals surface area contributed by atoms with E-state index >= 15 is 0 Å². The lowest BCUT2D eigenvalue weighted by molar-refractivity contribution is -0.132. The number of likely N-dealkylation sites (tertiary alicyclic amines) is 2. The first-order valence-corrected chi connectivity index (χ1v) is 27.4. The van der Waals surface area contributed by atoms with Gasteiger partial charge in [-0.3, -0.25) is 39.4 Å². The number of aliphatic hydroxyl groups excluding tert-OH is 2. The van der Waals surface area contributed by atoms with Crippen LogP contribution in [0.4, 0.5) is 0 Å². The minimum Gasteiger partial charge on any atom is -0.393 e. The Balaban J connectivity index is 0.000000201. The van der Waals surface area contributed by atoms with Crippen LogP contribution in [-0.4, -0.2) is 166 Å². The predicted molar refractivity (Wildman–Crippen MR) is 251 cm³/mol. The van der Waals surface area contributed by atoms with Gasteiger partial charge in [-0.25, -0.2) is 27.8 Å². The fourth-order valence-corrected chi connectivity index (χ4v) is 12.3. The number of hydrogen-bond donors (Lipinski definition) is 6. The van der Waals surface area contributed by atoms with Crippen molar-refractivity contribution < 1.29 is 56.6 Å². The number of aliphatic hydroxyl groups is 2. The van der Waals surface area contributed by atoms with Crippen LogP contribution in [0.2, 0.25) is 0 Å². The Labute approximate surface area is 404 Å². The standard InChI is InChI=1S/2C23H27N3O6S2/c2*1-23(22(29)24-30,34(2,31)32)7-8-25-14-16-9-19(33-20(16)21(25)28)6-4-3-5-15-12-26(13-15)17-10-18(27)11-17/h2*9,15,17-18,27,30H,7-8,10-14H2,1-2H3,(H,24,29)/t17?,18?,23-;/m1./s1. The van der Waals surface area contributed by atoms with Gasteiger partial charge in [0.2, 0.25) is 0 Å². The molecule has 2 aromatic rings. The maximum absolute atomic E-state index is 12.8. The average molecular weight is 1010 g/mol. The minimum atomic E-state index is -3.82. The molecule has 2 aromatic heterocycles. The van der Waals surface area contributed by atoms with Crippen molar-refractivity contribution in [1.29, 1.82) is 0 Å². The van der Waals surface area contributed by atoms with E-state index in [2.05, 4.69) is 57.2 Å². The van der Waals surface area contributed by atoms with Gasteiger partial charge in [0.25, 0.3) is 23.6 Å². The summed E-state index contributed by atoms with van der Waals surface area (Å²) in [5, 5.41) is 36.6. The Hall–Kier alpha value is -4.82. The molecule has 2 atom stereocenters. The highest BCUT2D eigenvalue weighted by Gasteiger charge is 2.46. The number of rotatable bonds is 12. The maximum atomic E-state index is 12.8. The number of nitrogens with one attached hydrogen (secondary N) is 2. The summed E-state index contributed by atoms with van der Waals surface area (Å²) in [5.41, 5.74) is 4.46. The van der Waals surface area contributed by atoms with Crippen molar-refractivity contribution in [2.75, 3.05) is 51.8 Å². The van der Waals surface area contributed by atoms with Gasteiger partial charge in [0.05, 0.1) is 31.7 Å². The second kappa shape index (κ2) is 20.3. The third-order valence-corrected chi connectivity index (χ3v) is 20.1. The van der Waals surface area contributed by atoms with Gasteiger partial charge in [-0.05, 0) is 111 Å². The fraction of sp³-hybridized carbons (Fsp3) is 0.565. The van der Waals surface area contributed by atoms with Crippen LogP contribution in [0.15, 0.2) is 12.1 Å². The van der Waals surface area contributed by atoms with Gasteiger partial charge < -0.3 is 20.0 Å². The number of hydroxylamine groups is 2. The summed E-state index contributed by atoms with van der Waals surface area (Å²) in [7, 11) is -7.64. The quantitative estimate of drug-likeness (QED) is 0.0959. The summed E-state index contributed by atoms with van der Waals surface area (Å²) in [5.74, 6) is 21.9. The van der Waals surface area contributed by atoms with E-state index in [0.29, 0.717) is 46.8 Å². The highest BCUT2D eigenvalue weighted by atomic mass is 32.2. The molecule has 0 radical (unpaired) electrons. The van der Waals surface area contributed by atoms with Crippen molar-refractivity contribution >= 4 is 66.0 Å². The maximum Gasteiger partial charge on any atom is 0.264 e. The number of amides is 4. The summed E-state index contributed by atoms with van der Waals surface area (Å²) in [6, 6.07) is 4.68. The first-order chi connectivity index (χ1) is 32.0. The molecule has 0 bridgehead atoms. The van der Waals surface area contributed by atoms with Crippen LogP contribution < -0.4 is 11.0 Å². The molecule has 8 rings (SSSR count). The number of fused-ring (bicyclic) bond motifs is 2. The summed E-state index contributed by atoms with van der Waals surface area (Å²) >= 11 is 2.55. The Morgan fingerprint density at radius 2 is 1.01 bits per heavy atom. The summed E-state index contributed by atoms with van der Waals surface area (Å²) in [6.07, 6.45) is 4.71. The van der Waals surface area contributed by atoms with E-state index in [0.717, 1.165) is 85.3 Å². The van der Waals surface area contributed by atoms with Crippen LogP contribution in [0.1, 0.15) is 92.6 Å². The minimum absolute atomic E-state index is 0.0575. The molecule has 4 aliphatic heterocycles. The monoisotopic (exact) mass is 1010 g/mol.